The fourth-order valence-electron chi connectivity index (χ4n) is 2.26. The monoisotopic (exact) mass is 292 g/mol. The van der Waals surface area contributed by atoms with Gasteiger partial charge in [0, 0.05) is 0 Å². The Morgan fingerprint density at radius 3 is 2.71 bits per heavy atom. The minimum atomic E-state index is -0.461. The smallest absolute Gasteiger partial charge is 0.123 e. The Bertz CT molecular complexity index is 484. The number of nitrogens with zero attached hydrogens (tertiary/aromatic N) is 1. The van der Waals surface area contributed by atoms with Crippen molar-refractivity contribution in [3.63, 3.8) is 0 Å². The summed E-state index contributed by atoms with van der Waals surface area (Å²) in [5.74, 6) is 0.454. The number of benzene rings is 1. The molecule has 1 aromatic carbocycles. The molecule has 3 nitrogen and oxygen atoms in total. The van der Waals surface area contributed by atoms with Crippen LogP contribution in [0.4, 0.5) is 4.39 Å². The van der Waals surface area contributed by atoms with Gasteiger partial charge in [0.05, 0.1) is 12.7 Å². The molecule has 0 heterocycles. The Morgan fingerprint density at radius 2 is 2.14 bits per heavy atom. The largest absolute Gasteiger partial charge is 0.493 e. The minimum Gasteiger partial charge on any atom is -0.493 e. The van der Waals surface area contributed by atoms with Crippen LogP contribution in [-0.2, 0) is 0 Å². The zero-order valence-electron chi connectivity index (χ0n) is 13.2. The summed E-state index contributed by atoms with van der Waals surface area (Å²) >= 11 is 0. The molecular formula is C17H25FN2O. The lowest BCUT2D eigenvalue weighted by Crippen LogP contribution is -2.44. The summed E-state index contributed by atoms with van der Waals surface area (Å²) in [7, 11) is 0. The van der Waals surface area contributed by atoms with Crippen molar-refractivity contribution in [2.75, 3.05) is 13.2 Å². The third-order valence-electron chi connectivity index (χ3n) is 3.67. The predicted octanol–water partition coefficient (Wildman–Crippen LogP) is 3.97. The van der Waals surface area contributed by atoms with Crippen molar-refractivity contribution < 1.29 is 9.13 Å². The summed E-state index contributed by atoms with van der Waals surface area (Å²) in [6.45, 7) is 7.32. The third kappa shape index (κ3) is 5.35. The number of rotatable bonds is 9. The zero-order chi connectivity index (χ0) is 15.7. The normalized spacial score (nSPS) is 13.5. The zero-order valence-corrected chi connectivity index (χ0v) is 13.2. The fraction of sp³-hybridized carbons (Fsp3) is 0.588. The van der Waals surface area contributed by atoms with Gasteiger partial charge in [-0.25, -0.2) is 4.39 Å². The van der Waals surface area contributed by atoms with Gasteiger partial charge in [0.25, 0.3) is 0 Å². The lowest BCUT2D eigenvalue weighted by Gasteiger charge is -2.26. The highest BCUT2D eigenvalue weighted by Crippen LogP contribution is 2.20. The first-order chi connectivity index (χ1) is 10.1. The first-order valence-electron chi connectivity index (χ1n) is 7.62. The molecule has 0 aromatic heterocycles. The van der Waals surface area contributed by atoms with Gasteiger partial charge in [0.2, 0.25) is 0 Å². The average molecular weight is 292 g/mol. The van der Waals surface area contributed by atoms with Crippen LogP contribution in [0.1, 0.15) is 45.1 Å². The molecule has 116 valence electrons. The summed E-state index contributed by atoms with van der Waals surface area (Å²) in [4.78, 5) is 0. The summed E-state index contributed by atoms with van der Waals surface area (Å²) < 4.78 is 18.7. The highest BCUT2D eigenvalue weighted by molar-refractivity contribution is 5.32. The highest BCUT2D eigenvalue weighted by atomic mass is 19.1. The van der Waals surface area contributed by atoms with E-state index in [1.165, 1.54) is 12.1 Å². The Morgan fingerprint density at radius 1 is 1.38 bits per heavy atom. The van der Waals surface area contributed by atoms with E-state index in [4.69, 9.17) is 4.74 Å². The summed E-state index contributed by atoms with van der Waals surface area (Å²) in [5.41, 5.74) is 0.332. The number of nitriles is 1. The van der Waals surface area contributed by atoms with E-state index >= 15 is 0 Å². The minimum absolute atomic E-state index is 0.252. The van der Waals surface area contributed by atoms with E-state index in [0.29, 0.717) is 12.4 Å². The number of halogens is 1. The summed E-state index contributed by atoms with van der Waals surface area (Å²) in [6, 6.07) is 6.91. The van der Waals surface area contributed by atoms with Gasteiger partial charge in [-0.1, -0.05) is 13.8 Å². The molecule has 1 atom stereocenters. The van der Waals surface area contributed by atoms with Crippen molar-refractivity contribution in [1.29, 1.82) is 5.26 Å². The van der Waals surface area contributed by atoms with E-state index in [0.717, 1.165) is 37.8 Å². The molecule has 0 saturated carbocycles. The predicted molar refractivity (Wildman–Crippen MR) is 82.8 cm³/mol. The molecule has 0 aliphatic carbocycles. The second kappa shape index (κ2) is 8.63. The van der Waals surface area contributed by atoms with E-state index in [-0.39, 0.29) is 5.82 Å². The summed E-state index contributed by atoms with van der Waals surface area (Å²) in [6.07, 6.45) is 3.32. The van der Waals surface area contributed by atoms with E-state index in [1.807, 2.05) is 13.8 Å². The van der Waals surface area contributed by atoms with Crippen LogP contribution in [0.15, 0.2) is 18.2 Å². The Labute approximate surface area is 127 Å². The molecule has 0 amide bonds. The van der Waals surface area contributed by atoms with E-state index in [2.05, 4.69) is 18.3 Å². The quantitative estimate of drug-likeness (QED) is 0.701. The number of aryl methyl sites for hydroxylation is 1. The van der Waals surface area contributed by atoms with Crippen LogP contribution in [0.25, 0.3) is 0 Å². The van der Waals surface area contributed by atoms with Crippen molar-refractivity contribution >= 4 is 0 Å². The molecule has 0 spiro atoms. The van der Waals surface area contributed by atoms with Crippen LogP contribution in [0.2, 0.25) is 0 Å². The maximum Gasteiger partial charge on any atom is 0.123 e. The van der Waals surface area contributed by atoms with Gasteiger partial charge < -0.3 is 4.74 Å². The molecule has 0 fully saturated rings. The molecule has 0 bridgehead atoms. The fourth-order valence-corrected chi connectivity index (χ4v) is 2.26. The lowest BCUT2D eigenvalue weighted by molar-refractivity contribution is 0.274. The molecule has 0 aliphatic heterocycles. The van der Waals surface area contributed by atoms with Gasteiger partial charge in [0.15, 0.2) is 0 Å². The van der Waals surface area contributed by atoms with Crippen molar-refractivity contribution in [3.05, 3.63) is 29.6 Å². The van der Waals surface area contributed by atoms with Crippen LogP contribution in [0.3, 0.4) is 0 Å². The SMILES string of the molecule is CCCNC(C#N)(CC)CCCOc1ccc(F)cc1C. The van der Waals surface area contributed by atoms with Crippen molar-refractivity contribution in [3.8, 4) is 11.8 Å². The first kappa shape index (κ1) is 17.5. The van der Waals surface area contributed by atoms with Crippen molar-refractivity contribution in [2.24, 2.45) is 0 Å². The van der Waals surface area contributed by atoms with Crippen molar-refractivity contribution in [1.82, 2.24) is 5.32 Å². The molecule has 4 heteroatoms. The third-order valence-corrected chi connectivity index (χ3v) is 3.67. The number of nitrogens with one attached hydrogen (secondary N) is 1. The van der Waals surface area contributed by atoms with Crippen LogP contribution in [0, 0.1) is 24.1 Å². The van der Waals surface area contributed by atoms with Gasteiger partial charge in [0.1, 0.15) is 17.1 Å². The van der Waals surface area contributed by atoms with E-state index < -0.39 is 5.54 Å². The summed E-state index contributed by atoms with van der Waals surface area (Å²) in [5, 5.41) is 12.7. The average Bonchev–Trinajstić information content (AvgIpc) is 2.49. The van der Waals surface area contributed by atoms with Gasteiger partial charge in [-0.2, -0.15) is 5.26 Å². The van der Waals surface area contributed by atoms with E-state index in [9.17, 15) is 9.65 Å². The Balaban J connectivity index is 2.46. The van der Waals surface area contributed by atoms with Crippen LogP contribution in [0.5, 0.6) is 5.75 Å². The van der Waals surface area contributed by atoms with Crippen LogP contribution >= 0.6 is 0 Å². The molecule has 0 aliphatic rings. The second-order valence-corrected chi connectivity index (χ2v) is 5.34. The maximum atomic E-state index is 13.0. The molecular weight excluding hydrogens is 267 g/mol. The number of hydrogen-bond acceptors (Lipinski definition) is 3. The van der Waals surface area contributed by atoms with Gasteiger partial charge in [-0.15, -0.1) is 0 Å². The van der Waals surface area contributed by atoms with Crippen LogP contribution < -0.4 is 10.1 Å². The molecule has 0 radical (unpaired) electrons. The Kier molecular flexibility index (Phi) is 7.18. The molecule has 1 unspecified atom stereocenters. The van der Waals surface area contributed by atoms with E-state index in [1.54, 1.807) is 6.07 Å². The molecule has 1 aromatic rings. The topological polar surface area (TPSA) is 45.0 Å². The standard InChI is InChI=1S/C17H25FN2O/c1-4-10-20-17(5-2,13-19)9-6-11-21-16-8-7-15(18)12-14(16)3/h7-8,12,20H,4-6,9-11H2,1-3H3. The maximum absolute atomic E-state index is 13.0. The second-order valence-electron chi connectivity index (χ2n) is 5.34. The van der Waals surface area contributed by atoms with Crippen molar-refractivity contribution in [2.45, 2.75) is 52.0 Å². The highest BCUT2D eigenvalue weighted by Gasteiger charge is 2.26. The lowest BCUT2D eigenvalue weighted by atomic mass is 9.92. The Hall–Kier alpha value is -1.60. The number of ether oxygens (including phenoxy) is 1. The van der Waals surface area contributed by atoms with Gasteiger partial charge >= 0.3 is 0 Å². The molecule has 1 rings (SSSR count). The first-order valence-corrected chi connectivity index (χ1v) is 7.62. The van der Waals surface area contributed by atoms with Gasteiger partial charge in [-0.3, -0.25) is 5.32 Å². The molecule has 21 heavy (non-hydrogen) atoms. The van der Waals surface area contributed by atoms with Crippen LogP contribution in [-0.4, -0.2) is 18.7 Å². The van der Waals surface area contributed by atoms with Gasteiger partial charge in [-0.05, 0) is 62.9 Å². The number of hydrogen-bond donors (Lipinski definition) is 1. The molecule has 0 saturated heterocycles. The molecule has 1 N–H and O–H groups in total.